The standard InChI is InChI=1S/C25H35BrN2O5.C2H2O4/c1-17-12-19(26)13-18(2)24(17)33-16-21(29)6-7-27-8-10-28(11-9-27)20-14-22(30-3)25(32-5)23(15-20)31-4;3-1(4)2(5)6/h12-15,21,29H,6-11,16H2,1-5H3;(H,3,4)(H,5,6). The molecule has 1 saturated heterocycles. The fourth-order valence-electron chi connectivity index (χ4n) is 4.20. The van der Waals surface area contributed by atoms with Crippen LogP contribution in [-0.2, 0) is 9.59 Å². The molecule has 1 aliphatic heterocycles. The van der Waals surface area contributed by atoms with Gasteiger partial charge in [0.1, 0.15) is 12.4 Å². The van der Waals surface area contributed by atoms with Crippen molar-refractivity contribution in [3.05, 3.63) is 39.9 Å². The Hall–Kier alpha value is -3.22. The van der Waals surface area contributed by atoms with E-state index in [2.05, 4.69) is 25.7 Å². The molecular weight excluding hydrogens is 576 g/mol. The average molecular weight is 614 g/mol. The lowest BCUT2D eigenvalue weighted by Gasteiger charge is -2.36. The van der Waals surface area contributed by atoms with Crippen LogP contribution in [0.4, 0.5) is 5.69 Å². The normalized spacial score (nSPS) is 14.1. The highest BCUT2D eigenvalue weighted by molar-refractivity contribution is 9.10. The number of rotatable bonds is 10. The molecule has 1 fully saturated rings. The first-order chi connectivity index (χ1) is 18.5. The maximum absolute atomic E-state index is 10.5. The molecule has 216 valence electrons. The summed E-state index contributed by atoms with van der Waals surface area (Å²) in [5, 5.41) is 25.2. The van der Waals surface area contributed by atoms with Gasteiger partial charge in [0.25, 0.3) is 0 Å². The Morgan fingerprint density at radius 3 is 1.82 bits per heavy atom. The number of anilines is 1. The molecule has 39 heavy (non-hydrogen) atoms. The van der Waals surface area contributed by atoms with Crippen LogP contribution in [0, 0.1) is 13.8 Å². The highest BCUT2D eigenvalue weighted by Crippen LogP contribution is 2.41. The largest absolute Gasteiger partial charge is 0.493 e. The summed E-state index contributed by atoms with van der Waals surface area (Å²) in [6.45, 7) is 8.82. The lowest BCUT2D eigenvalue weighted by molar-refractivity contribution is -0.159. The van der Waals surface area contributed by atoms with Gasteiger partial charge in [-0.1, -0.05) is 15.9 Å². The minimum atomic E-state index is -1.82. The zero-order chi connectivity index (χ0) is 29.1. The van der Waals surface area contributed by atoms with Gasteiger partial charge in [-0.05, 0) is 43.5 Å². The smallest absolute Gasteiger partial charge is 0.414 e. The van der Waals surface area contributed by atoms with Crippen LogP contribution in [0.5, 0.6) is 23.0 Å². The van der Waals surface area contributed by atoms with E-state index in [0.29, 0.717) is 30.3 Å². The van der Waals surface area contributed by atoms with E-state index in [1.165, 1.54) is 0 Å². The Morgan fingerprint density at radius 2 is 1.38 bits per heavy atom. The van der Waals surface area contributed by atoms with Crippen molar-refractivity contribution in [1.29, 1.82) is 0 Å². The number of ether oxygens (including phenoxy) is 4. The lowest BCUT2D eigenvalue weighted by atomic mass is 10.1. The van der Waals surface area contributed by atoms with Gasteiger partial charge in [0.2, 0.25) is 5.75 Å². The Balaban J connectivity index is 0.000000798. The van der Waals surface area contributed by atoms with Gasteiger partial charge in [-0.25, -0.2) is 9.59 Å². The summed E-state index contributed by atoms with van der Waals surface area (Å²) in [4.78, 5) is 22.9. The number of carbonyl (C=O) groups is 2. The van der Waals surface area contributed by atoms with E-state index in [1.807, 2.05) is 38.1 Å². The van der Waals surface area contributed by atoms with Crippen molar-refractivity contribution in [3.8, 4) is 23.0 Å². The van der Waals surface area contributed by atoms with E-state index >= 15 is 0 Å². The van der Waals surface area contributed by atoms with Crippen molar-refractivity contribution in [2.45, 2.75) is 26.4 Å². The number of aliphatic hydroxyl groups excluding tert-OH is 1. The predicted octanol–water partition coefficient (Wildman–Crippen LogP) is 3.20. The maximum atomic E-state index is 10.5. The third kappa shape index (κ3) is 9.48. The molecule has 1 aliphatic rings. The number of methoxy groups -OCH3 is 3. The zero-order valence-corrected chi connectivity index (χ0v) is 24.5. The molecule has 1 heterocycles. The van der Waals surface area contributed by atoms with Gasteiger partial charge in [-0.3, -0.25) is 4.90 Å². The van der Waals surface area contributed by atoms with Crippen LogP contribution >= 0.6 is 15.9 Å². The van der Waals surface area contributed by atoms with Crippen molar-refractivity contribution in [3.63, 3.8) is 0 Å². The summed E-state index contributed by atoms with van der Waals surface area (Å²) in [7, 11) is 4.88. The van der Waals surface area contributed by atoms with Crippen LogP contribution in [0.1, 0.15) is 17.5 Å². The molecule has 2 aromatic carbocycles. The second-order valence-corrected chi connectivity index (χ2v) is 9.86. The second kappa shape index (κ2) is 15.4. The first-order valence-electron chi connectivity index (χ1n) is 12.3. The number of piperazine rings is 1. The van der Waals surface area contributed by atoms with Gasteiger partial charge >= 0.3 is 11.9 Å². The number of aliphatic carboxylic acids is 2. The number of hydrogen-bond acceptors (Lipinski definition) is 9. The van der Waals surface area contributed by atoms with Crippen molar-refractivity contribution in [2.24, 2.45) is 0 Å². The second-order valence-electron chi connectivity index (χ2n) is 8.94. The van der Waals surface area contributed by atoms with E-state index in [9.17, 15) is 5.11 Å². The molecule has 1 unspecified atom stereocenters. The van der Waals surface area contributed by atoms with Crippen molar-refractivity contribution < 1.29 is 43.9 Å². The van der Waals surface area contributed by atoms with E-state index in [4.69, 9.17) is 38.7 Å². The Kier molecular flexibility index (Phi) is 12.6. The zero-order valence-electron chi connectivity index (χ0n) is 22.9. The van der Waals surface area contributed by atoms with Crippen LogP contribution in [0.15, 0.2) is 28.7 Å². The molecule has 3 N–H and O–H groups in total. The average Bonchev–Trinajstić information content (AvgIpc) is 2.90. The minimum absolute atomic E-state index is 0.300. The molecular formula is C27H37BrN2O9. The van der Waals surface area contributed by atoms with Crippen LogP contribution in [0.2, 0.25) is 0 Å². The molecule has 0 amide bonds. The molecule has 3 rings (SSSR count). The summed E-state index contributed by atoms with van der Waals surface area (Å²) >= 11 is 3.50. The van der Waals surface area contributed by atoms with Crippen LogP contribution in [0.3, 0.4) is 0 Å². The SMILES string of the molecule is COc1cc(N2CCN(CCC(O)COc3c(C)cc(Br)cc3C)CC2)cc(OC)c1OC.O=C(O)C(=O)O. The number of carboxylic acid groups (broad SMARTS) is 2. The minimum Gasteiger partial charge on any atom is -0.493 e. The molecule has 0 saturated carbocycles. The van der Waals surface area contributed by atoms with Gasteiger partial charge in [-0.15, -0.1) is 0 Å². The van der Waals surface area contributed by atoms with Gasteiger partial charge in [0.15, 0.2) is 11.5 Å². The summed E-state index contributed by atoms with van der Waals surface area (Å²) in [5.41, 5.74) is 3.19. The fraction of sp³-hybridized carbons (Fsp3) is 0.481. The number of carboxylic acids is 2. The molecule has 0 aromatic heterocycles. The molecule has 12 heteroatoms. The lowest BCUT2D eigenvalue weighted by Crippen LogP contribution is -2.47. The molecule has 1 atom stereocenters. The van der Waals surface area contributed by atoms with E-state index in [-0.39, 0.29) is 0 Å². The Labute approximate surface area is 237 Å². The van der Waals surface area contributed by atoms with Crippen LogP contribution in [0.25, 0.3) is 0 Å². The highest BCUT2D eigenvalue weighted by Gasteiger charge is 2.21. The Bertz CT molecular complexity index is 1060. The third-order valence-electron chi connectivity index (χ3n) is 6.19. The summed E-state index contributed by atoms with van der Waals surface area (Å²) < 4.78 is 23.4. The number of nitrogens with zero attached hydrogens (tertiary/aromatic N) is 2. The van der Waals surface area contributed by atoms with Crippen molar-refractivity contribution >= 4 is 33.6 Å². The van der Waals surface area contributed by atoms with Crippen molar-refractivity contribution in [2.75, 3.05) is 65.6 Å². The number of aryl methyl sites for hydroxylation is 2. The van der Waals surface area contributed by atoms with Gasteiger partial charge in [0, 0.05) is 55.0 Å². The molecule has 0 spiro atoms. The molecule has 0 radical (unpaired) electrons. The number of hydrogen-bond donors (Lipinski definition) is 3. The molecule has 0 aliphatic carbocycles. The summed E-state index contributed by atoms with van der Waals surface area (Å²) in [6, 6.07) is 8.04. The topological polar surface area (TPSA) is 138 Å². The number of benzene rings is 2. The number of halogens is 1. The van der Waals surface area contributed by atoms with Gasteiger partial charge < -0.3 is 39.2 Å². The van der Waals surface area contributed by atoms with E-state index < -0.39 is 18.0 Å². The quantitative estimate of drug-likeness (QED) is 0.341. The molecule has 2 aromatic rings. The molecule has 0 bridgehead atoms. The van der Waals surface area contributed by atoms with Crippen LogP contribution in [-0.4, -0.2) is 98.9 Å². The monoisotopic (exact) mass is 612 g/mol. The maximum Gasteiger partial charge on any atom is 0.414 e. The van der Waals surface area contributed by atoms with Crippen molar-refractivity contribution in [1.82, 2.24) is 4.90 Å². The van der Waals surface area contributed by atoms with Gasteiger partial charge in [-0.2, -0.15) is 0 Å². The predicted molar refractivity (Wildman–Crippen MR) is 150 cm³/mol. The Morgan fingerprint density at radius 1 is 0.872 bits per heavy atom. The summed E-state index contributed by atoms with van der Waals surface area (Å²) in [6.07, 6.45) is 0.180. The third-order valence-corrected chi connectivity index (χ3v) is 6.65. The van der Waals surface area contributed by atoms with E-state index in [0.717, 1.165) is 59.8 Å². The molecule has 11 nitrogen and oxygen atoms in total. The first kappa shape index (κ1) is 32.0. The fourth-order valence-corrected chi connectivity index (χ4v) is 4.89. The van der Waals surface area contributed by atoms with Crippen LogP contribution < -0.4 is 23.8 Å². The number of aliphatic hydroxyl groups is 1. The summed E-state index contributed by atoms with van der Waals surface area (Å²) in [5.74, 6) is -0.865. The van der Waals surface area contributed by atoms with Gasteiger partial charge in [0.05, 0.1) is 27.4 Å². The highest BCUT2D eigenvalue weighted by atomic mass is 79.9. The first-order valence-corrected chi connectivity index (χ1v) is 13.1. The van der Waals surface area contributed by atoms with E-state index in [1.54, 1.807) is 21.3 Å².